The molecule has 31 heavy (non-hydrogen) atoms. The number of pyridine rings is 2. The zero-order valence-electron chi connectivity index (χ0n) is 17.6. The molecule has 1 amide bonds. The molecule has 3 aliphatic rings. The fourth-order valence-corrected chi connectivity index (χ4v) is 5.37. The molecule has 0 bridgehead atoms. The van der Waals surface area contributed by atoms with Crippen molar-refractivity contribution in [1.29, 1.82) is 0 Å². The van der Waals surface area contributed by atoms with Crippen LogP contribution in [0.15, 0.2) is 42.6 Å². The SMILES string of the molecule is C=O.O=C1Nc2ncccc2C12Cc1cc3ccc(CN4CCCCC4)nc3cc1C2. The van der Waals surface area contributed by atoms with Gasteiger partial charge >= 0.3 is 0 Å². The summed E-state index contributed by atoms with van der Waals surface area (Å²) in [6.07, 6.45) is 7.13. The molecule has 6 rings (SSSR count). The lowest BCUT2D eigenvalue weighted by molar-refractivity contribution is -0.120. The lowest BCUT2D eigenvalue weighted by Crippen LogP contribution is -2.35. The topological polar surface area (TPSA) is 75.2 Å². The van der Waals surface area contributed by atoms with Gasteiger partial charge in [-0.15, -0.1) is 0 Å². The summed E-state index contributed by atoms with van der Waals surface area (Å²) >= 11 is 0. The first-order chi connectivity index (χ1) is 15.2. The van der Waals surface area contributed by atoms with Crippen LogP contribution in [0.2, 0.25) is 0 Å². The predicted molar refractivity (Wildman–Crippen MR) is 120 cm³/mol. The summed E-state index contributed by atoms with van der Waals surface area (Å²) in [5.41, 5.74) is 5.20. The Hall–Kier alpha value is -3.12. The number of likely N-dealkylation sites (tertiary alicyclic amines) is 1. The van der Waals surface area contributed by atoms with E-state index in [2.05, 4.69) is 39.5 Å². The molecule has 1 aliphatic carbocycles. The van der Waals surface area contributed by atoms with Crippen molar-refractivity contribution in [2.75, 3.05) is 18.4 Å². The van der Waals surface area contributed by atoms with Crippen LogP contribution in [-0.2, 0) is 34.4 Å². The van der Waals surface area contributed by atoms with Crippen LogP contribution in [0.3, 0.4) is 0 Å². The summed E-state index contributed by atoms with van der Waals surface area (Å²) in [6, 6.07) is 12.8. The molecule has 3 aromatic rings. The van der Waals surface area contributed by atoms with Crippen LogP contribution in [-0.4, -0.2) is 40.7 Å². The summed E-state index contributed by atoms with van der Waals surface area (Å²) in [6.45, 7) is 5.28. The molecule has 4 heterocycles. The average Bonchev–Trinajstić information content (AvgIpc) is 3.31. The number of rotatable bonds is 2. The van der Waals surface area contributed by atoms with Crippen molar-refractivity contribution >= 4 is 29.4 Å². The third kappa shape index (κ3) is 3.31. The minimum Gasteiger partial charge on any atom is -0.310 e. The number of carbonyl (C=O) groups excluding carboxylic acids is 2. The van der Waals surface area contributed by atoms with E-state index in [0.29, 0.717) is 0 Å². The molecule has 1 fully saturated rings. The Labute approximate surface area is 181 Å². The number of aromatic nitrogens is 2. The van der Waals surface area contributed by atoms with Crippen LogP contribution >= 0.6 is 0 Å². The summed E-state index contributed by atoms with van der Waals surface area (Å²) in [5, 5.41) is 4.15. The van der Waals surface area contributed by atoms with E-state index in [-0.39, 0.29) is 5.91 Å². The van der Waals surface area contributed by atoms with Gasteiger partial charge in [0.25, 0.3) is 0 Å². The molecular formula is C25H26N4O2. The quantitative estimate of drug-likeness (QED) is 0.695. The number of hydrogen-bond acceptors (Lipinski definition) is 5. The lowest BCUT2D eigenvalue weighted by atomic mass is 9.79. The van der Waals surface area contributed by atoms with Gasteiger partial charge < -0.3 is 10.1 Å². The van der Waals surface area contributed by atoms with E-state index < -0.39 is 5.41 Å². The average molecular weight is 415 g/mol. The van der Waals surface area contributed by atoms with Crippen molar-refractivity contribution in [2.45, 2.75) is 44.1 Å². The molecule has 2 aliphatic heterocycles. The predicted octanol–water partition coefficient (Wildman–Crippen LogP) is 3.42. The second-order valence-electron chi connectivity index (χ2n) is 8.74. The second kappa shape index (κ2) is 7.85. The minimum absolute atomic E-state index is 0.0743. The van der Waals surface area contributed by atoms with E-state index in [1.54, 1.807) is 6.20 Å². The van der Waals surface area contributed by atoms with Gasteiger partial charge in [-0.2, -0.15) is 0 Å². The second-order valence-corrected chi connectivity index (χ2v) is 8.74. The molecular weight excluding hydrogens is 388 g/mol. The van der Waals surface area contributed by atoms with Crippen LogP contribution in [0.5, 0.6) is 0 Å². The Kier molecular flexibility index (Phi) is 5.02. The van der Waals surface area contributed by atoms with E-state index in [9.17, 15) is 4.79 Å². The molecule has 1 N–H and O–H groups in total. The van der Waals surface area contributed by atoms with Crippen LogP contribution in [0.4, 0.5) is 5.82 Å². The molecule has 2 aromatic heterocycles. The van der Waals surface area contributed by atoms with Gasteiger partial charge in [0.2, 0.25) is 5.91 Å². The van der Waals surface area contributed by atoms with E-state index in [4.69, 9.17) is 9.78 Å². The maximum Gasteiger partial charge on any atom is 0.237 e. The summed E-state index contributed by atoms with van der Waals surface area (Å²) in [5.74, 6) is 0.794. The molecule has 1 unspecified atom stereocenters. The Morgan fingerprint density at radius 1 is 1.03 bits per heavy atom. The lowest BCUT2D eigenvalue weighted by Gasteiger charge is -2.26. The highest BCUT2D eigenvalue weighted by atomic mass is 16.2. The largest absolute Gasteiger partial charge is 0.310 e. The fourth-order valence-electron chi connectivity index (χ4n) is 5.37. The van der Waals surface area contributed by atoms with Gasteiger partial charge in [-0.1, -0.05) is 18.6 Å². The molecule has 1 spiro atoms. The molecule has 1 saturated heterocycles. The molecule has 1 aromatic carbocycles. The number of piperidine rings is 1. The van der Waals surface area contributed by atoms with Gasteiger partial charge in [0, 0.05) is 23.7 Å². The van der Waals surface area contributed by atoms with Crippen molar-refractivity contribution in [3.05, 3.63) is 65.0 Å². The fraction of sp³-hybridized carbons (Fsp3) is 0.360. The van der Waals surface area contributed by atoms with E-state index >= 15 is 0 Å². The number of nitrogens with one attached hydrogen (secondary N) is 1. The monoisotopic (exact) mass is 414 g/mol. The number of amides is 1. The van der Waals surface area contributed by atoms with Gasteiger partial charge in [0.1, 0.15) is 12.6 Å². The number of benzene rings is 1. The molecule has 158 valence electrons. The molecule has 1 atom stereocenters. The molecule has 6 heteroatoms. The van der Waals surface area contributed by atoms with Gasteiger partial charge in [-0.25, -0.2) is 4.98 Å². The number of anilines is 1. The zero-order chi connectivity index (χ0) is 21.4. The maximum atomic E-state index is 12.9. The van der Waals surface area contributed by atoms with E-state index in [1.807, 2.05) is 18.9 Å². The number of fused-ring (bicyclic) bond motifs is 4. The van der Waals surface area contributed by atoms with E-state index in [1.165, 1.54) is 43.5 Å². The van der Waals surface area contributed by atoms with Crippen LogP contribution in [0.25, 0.3) is 10.9 Å². The third-order valence-electron chi connectivity index (χ3n) is 6.88. The van der Waals surface area contributed by atoms with Gasteiger partial charge in [0.15, 0.2) is 0 Å². The summed E-state index contributed by atoms with van der Waals surface area (Å²) in [7, 11) is 0. The van der Waals surface area contributed by atoms with E-state index in [0.717, 1.165) is 47.4 Å². The smallest absolute Gasteiger partial charge is 0.237 e. The molecule has 0 saturated carbocycles. The van der Waals surface area contributed by atoms with Crippen molar-refractivity contribution in [1.82, 2.24) is 14.9 Å². The van der Waals surface area contributed by atoms with Crippen molar-refractivity contribution in [2.24, 2.45) is 0 Å². The highest BCUT2D eigenvalue weighted by molar-refractivity contribution is 6.06. The first-order valence-electron chi connectivity index (χ1n) is 10.9. The number of carbonyl (C=O) groups is 2. The molecule has 6 nitrogen and oxygen atoms in total. The van der Waals surface area contributed by atoms with Crippen LogP contribution in [0, 0.1) is 0 Å². The molecule has 0 radical (unpaired) electrons. The van der Waals surface area contributed by atoms with Crippen LogP contribution in [0.1, 0.15) is 41.6 Å². The summed E-state index contributed by atoms with van der Waals surface area (Å²) in [4.78, 5) is 32.8. The first-order valence-corrected chi connectivity index (χ1v) is 10.9. The highest BCUT2D eigenvalue weighted by Crippen LogP contribution is 2.47. The Bertz CT molecular complexity index is 1160. The van der Waals surface area contributed by atoms with Crippen molar-refractivity contribution in [3.8, 4) is 0 Å². The standard InChI is InChI=1S/C24H24N4O.CH2O/c29-23-24(20-5-4-8-25-22(20)27-23)13-17-11-16-6-7-19(15-28-9-2-1-3-10-28)26-21(16)12-18(17)14-24;1-2/h4-8,11-12H,1-3,9-10,13-15H2,(H,25,27,29);1H2. The van der Waals surface area contributed by atoms with Gasteiger partial charge in [0.05, 0.1) is 16.6 Å². The third-order valence-corrected chi connectivity index (χ3v) is 6.88. The van der Waals surface area contributed by atoms with Gasteiger partial charge in [-0.3, -0.25) is 14.7 Å². The zero-order valence-corrected chi connectivity index (χ0v) is 17.6. The summed E-state index contributed by atoms with van der Waals surface area (Å²) < 4.78 is 0. The van der Waals surface area contributed by atoms with Crippen molar-refractivity contribution in [3.63, 3.8) is 0 Å². The number of nitrogens with zero attached hydrogens (tertiary/aromatic N) is 3. The maximum absolute atomic E-state index is 12.9. The van der Waals surface area contributed by atoms with Crippen molar-refractivity contribution < 1.29 is 9.59 Å². The Morgan fingerprint density at radius 2 is 1.81 bits per heavy atom. The Balaban J connectivity index is 0.000000994. The highest BCUT2D eigenvalue weighted by Gasteiger charge is 2.51. The van der Waals surface area contributed by atoms with Gasteiger partial charge in [-0.05, 0) is 74.2 Å². The normalized spacial score (nSPS) is 22.0. The van der Waals surface area contributed by atoms with Crippen LogP contribution < -0.4 is 5.32 Å². The first kappa shape index (κ1) is 19.8. The number of hydrogen-bond donors (Lipinski definition) is 1. The minimum atomic E-state index is -0.514. The Morgan fingerprint density at radius 3 is 2.61 bits per heavy atom.